The molecule has 1 aromatic heterocycles. The second kappa shape index (κ2) is 8.89. The van der Waals surface area contributed by atoms with Crippen LogP contribution in [0.4, 0.5) is 0 Å². The number of nitrogens with zero attached hydrogens (tertiary/aromatic N) is 1. The topological polar surface area (TPSA) is 97.4 Å². The summed E-state index contributed by atoms with van der Waals surface area (Å²) in [6.45, 7) is 3.82. The van der Waals surface area contributed by atoms with Crippen molar-refractivity contribution in [3.8, 4) is 5.75 Å². The van der Waals surface area contributed by atoms with E-state index in [1.54, 1.807) is 26.0 Å². The second-order valence-corrected chi connectivity index (χ2v) is 9.64. The lowest BCUT2D eigenvalue weighted by Gasteiger charge is -2.21. The van der Waals surface area contributed by atoms with E-state index < -0.39 is 22.0 Å². The number of fused-ring (bicyclic) bond motifs is 1. The molecule has 0 unspecified atom stereocenters. The summed E-state index contributed by atoms with van der Waals surface area (Å²) in [4.78, 5) is 17.3. The zero-order chi connectivity index (χ0) is 21.0. The number of aromatic nitrogens is 1. The Bertz CT molecular complexity index is 1060. The Kier molecular flexibility index (Phi) is 6.51. The molecule has 0 bridgehead atoms. The van der Waals surface area contributed by atoms with Crippen LogP contribution >= 0.6 is 11.3 Å². The predicted octanol–water partition coefficient (Wildman–Crippen LogP) is 2.92. The molecular weight excluding hydrogens is 410 g/mol. The molecule has 7 nitrogen and oxygen atoms in total. The number of rotatable bonds is 8. The average Bonchev–Trinajstić information content (AvgIpc) is 3.13. The van der Waals surface area contributed by atoms with E-state index in [9.17, 15) is 13.2 Å². The highest BCUT2D eigenvalue weighted by Crippen LogP contribution is 2.21. The monoisotopic (exact) mass is 433 g/mol. The average molecular weight is 434 g/mol. The van der Waals surface area contributed by atoms with Crippen LogP contribution in [-0.4, -0.2) is 32.5 Å². The summed E-state index contributed by atoms with van der Waals surface area (Å²) < 4.78 is 34.0. The highest BCUT2D eigenvalue weighted by molar-refractivity contribution is 7.89. The molecule has 0 saturated heterocycles. The first-order valence-electron chi connectivity index (χ1n) is 9.08. The summed E-state index contributed by atoms with van der Waals surface area (Å²) in [6, 6.07) is 12.8. The van der Waals surface area contributed by atoms with Crippen LogP contribution in [0.5, 0.6) is 5.75 Å². The third-order valence-electron chi connectivity index (χ3n) is 4.35. The SMILES string of the molecule is COc1ccc(S(=O)(=O)N[C@@H](C(=O)NCc2nc3ccccc3s2)C(C)C)cc1. The lowest BCUT2D eigenvalue weighted by atomic mass is 10.1. The van der Waals surface area contributed by atoms with Crippen molar-refractivity contribution in [3.05, 3.63) is 53.5 Å². The van der Waals surface area contributed by atoms with Gasteiger partial charge in [-0.05, 0) is 42.3 Å². The predicted molar refractivity (Wildman–Crippen MR) is 113 cm³/mol. The maximum Gasteiger partial charge on any atom is 0.241 e. The van der Waals surface area contributed by atoms with Crippen LogP contribution < -0.4 is 14.8 Å². The van der Waals surface area contributed by atoms with Crippen molar-refractivity contribution in [1.29, 1.82) is 0 Å². The molecule has 9 heteroatoms. The number of methoxy groups -OCH3 is 1. The lowest BCUT2D eigenvalue weighted by Crippen LogP contribution is -2.49. The second-order valence-electron chi connectivity index (χ2n) is 6.81. The molecule has 0 saturated carbocycles. The molecule has 1 amide bonds. The molecule has 2 N–H and O–H groups in total. The molecule has 1 heterocycles. The molecule has 2 aromatic carbocycles. The fourth-order valence-electron chi connectivity index (χ4n) is 2.75. The van der Waals surface area contributed by atoms with Crippen LogP contribution in [0.3, 0.4) is 0 Å². The van der Waals surface area contributed by atoms with Gasteiger partial charge in [0.05, 0.1) is 28.8 Å². The van der Waals surface area contributed by atoms with Gasteiger partial charge in [0.2, 0.25) is 15.9 Å². The zero-order valence-corrected chi connectivity index (χ0v) is 18.0. The first-order valence-corrected chi connectivity index (χ1v) is 11.4. The molecular formula is C20H23N3O4S2. The van der Waals surface area contributed by atoms with Crippen molar-refractivity contribution in [2.24, 2.45) is 5.92 Å². The summed E-state index contributed by atoms with van der Waals surface area (Å²) in [6.07, 6.45) is 0. The standard InChI is InChI=1S/C20H23N3O4S2/c1-13(2)19(23-29(25,26)15-10-8-14(27-3)9-11-15)20(24)21-12-18-22-16-6-4-5-7-17(16)28-18/h4-11,13,19,23H,12H2,1-3H3,(H,21,24)/t19-/m1/s1. The Labute approximate surface area is 174 Å². The first kappa shape index (κ1) is 21.2. The van der Waals surface area contributed by atoms with Crippen molar-refractivity contribution in [1.82, 2.24) is 15.0 Å². The number of para-hydroxylation sites is 1. The summed E-state index contributed by atoms with van der Waals surface area (Å²) in [5, 5.41) is 3.56. The van der Waals surface area contributed by atoms with Crippen LogP contribution in [-0.2, 0) is 21.4 Å². The van der Waals surface area contributed by atoms with Crippen LogP contribution in [0, 0.1) is 5.92 Å². The number of sulfonamides is 1. The molecule has 3 aromatic rings. The summed E-state index contributed by atoms with van der Waals surface area (Å²) in [5.41, 5.74) is 0.877. The van der Waals surface area contributed by atoms with Gasteiger partial charge in [0.15, 0.2) is 0 Å². The van der Waals surface area contributed by atoms with Crippen LogP contribution in [0.2, 0.25) is 0 Å². The van der Waals surface area contributed by atoms with Gasteiger partial charge in [-0.3, -0.25) is 4.79 Å². The molecule has 0 aliphatic rings. The molecule has 29 heavy (non-hydrogen) atoms. The fourth-order valence-corrected chi connectivity index (χ4v) is 5.00. The minimum Gasteiger partial charge on any atom is -0.497 e. The fraction of sp³-hybridized carbons (Fsp3) is 0.300. The normalized spacial score (nSPS) is 12.8. The Morgan fingerprint density at radius 2 is 1.83 bits per heavy atom. The van der Waals surface area contributed by atoms with E-state index in [0.717, 1.165) is 15.2 Å². The Balaban J connectivity index is 1.69. The van der Waals surface area contributed by atoms with Gasteiger partial charge in [-0.1, -0.05) is 26.0 Å². The molecule has 0 spiro atoms. The first-order chi connectivity index (χ1) is 13.8. The lowest BCUT2D eigenvalue weighted by molar-refractivity contribution is -0.123. The maximum atomic E-state index is 12.7. The number of hydrogen-bond donors (Lipinski definition) is 2. The molecule has 0 aliphatic heterocycles. The van der Waals surface area contributed by atoms with E-state index in [1.165, 1.54) is 30.6 Å². The highest BCUT2D eigenvalue weighted by atomic mass is 32.2. The number of hydrogen-bond acceptors (Lipinski definition) is 6. The van der Waals surface area contributed by atoms with Crippen LogP contribution in [0.1, 0.15) is 18.9 Å². The highest BCUT2D eigenvalue weighted by Gasteiger charge is 2.28. The van der Waals surface area contributed by atoms with Crippen molar-refractivity contribution in [2.75, 3.05) is 7.11 Å². The van der Waals surface area contributed by atoms with E-state index in [1.807, 2.05) is 24.3 Å². The van der Waals surface area contributed by atoms with Crippen molar-refractivity contribution in [3.63, 3.8) is 0 Å². The van der Waals surface area contributed by atoms with E-state index in [4.69, 9.17) is 4.74 Å². The van der Waals surface area contributed by atoms with Gasteiger partial charge in [-0.25, -0.2) is 13.4 Å². The third-order valence-corrected chi connectivity index (χ3v) is 6.85. The maximum absolute atomic E-state index is 12.7. The number of nitrogens with one attached hydrogen (secondary N) is 2. The summed E-state index contributed by atoms with van der Waals surface area (Å²) in [5.74, 6) is -0.0762. The van der Waals surface area contributed by atoms with Gasteiger partial charge in [-0.15, -0.1) is 11.3 Å². The zero-order valence-electron chi connectivity index (χ0n) is 16.4. The molecule has 1 atom stereocenters. The largest absolute Gasteiger partial charge is 0.497 e. The smallest absolute Gasteiger partial charge is 0.241 e. The van der Waals surface area contributed by atoms with Gasteiger partial charge in [0, 0.05) is 0 Å². The number of ether oxygens (including phenoxy) is 1. The number of carbonyl (C=O) groups is 1. The van der Waals surface area contributed by atoms with E-state index >= 15 is 0 Å². The van der Waals surface area contributed by atoms with Crippen LogP contribution in [0.25, 0.3) is 10.2 Å². The van der Waals surface area contributed by atoms with Gasteiger partial charge in [0.25, 0.3) is 0 Å². The number of amides is 1. The third kappa shape index (κ3) is 5.11. The quantitative estimate of drug-likeness (QED) is 0.569. The van der Waals surface area contributed by atoms with Gasteiger partial charge >= 0.3 is 0 Å². The Morgan fingerprint density at radius 3 is 2.45 bits per heavy atom. The molecule has 0 radical (unpaired) electrons. The Morgan fingerprint density at radius 1 is 1.14 bits per heavy atom. The van der Waals surface area contributed by atoms with Crippen molar-refractivity contribution < 1.29 is 17.9 Å². The minimum atomic E-state index is -3.86. The van der Waals surface area contributed by atoms with Crippen LogP contribution in [0.15, 0.2) is 53.4 Å². The summed E-state index contributed by atoms with van der Waals surface area (Å²) in [7, 11) is -2.35. The number of benzene rings is 2. The Hall–Kier alpha value is -2.49. The van der Waals surface area contributed by atoms with E-state index in [0.29, 0.717) is 5.75 Å². The number of thiazole rings is 1. The van der Waals surface area contributed by atoms with Crippen molar-refractivity contribution in [2.45, 2.75) is 31.3 Å². The van der Waals surface area contributed by atoms with Gasteiger partial charge < -0.3 is 10.1 Å². The summed E-state index contributed by atoms with van der Waals surface area (Å²) >= 11 is 1.50. The molecule has 154 valence electrons. The molecule has 3 rings (SSSR count). The van der Waals surface area contributed by atoms with Gasteiger partial charge in [-0.2, -0.15) is 4.72 Å². The van der Waals surface area contributed by atoms with Gasteiger partial charge in [0.1, 0.15) is 16.8 Å². The number of carbonyl (C=O) groups excluding carboxylic acids is 1. The molecule has 0 fully saturated rings. The minimum absolute atomic E-state index is 0.0722. The molecule has 0 aliphatic carbocycles. The van der Waals surface area contributed by atoms with E-state index in [-0.39, 0.29) is 17.4 Å². The van der Waals surface area contributed by atoms with E-state index in [2.05, 4.69) is 15.0 Å². The van der Waals surface area contributed by atoms with Crippen molar-refractivity contribution >= 4 is 37.5 Å².